The highest BCUT2D eigenvalue weighted by Crippen LogP contribution is 2.24. The van der Waals surface area contributed by atoms with E-state index in [0.717, 1.165) is 9.37 Å². The summed E-state index contributed by atoms with van der Waals surface area (Å²) in [6.07, 6.45) is 1.59. The molecule has 122 valence electrons. The predicted octanol–water partition coefficient (Wildman–Crippen LogP) is -0.139. The molecule has 3 N–H and O–H groups in total. The average molecular weight is 381 g/mol. The highest BCUT2D eigenvalue weighted by Gasteiger charge is 2.46. The Morgan fingerprint density at radius 3 is 2.35 bits per heavy atom. The number of rotatable bonds is 3. The number of hydrogen-bond acceptors (Lipinski definition) is 3. The van der Waals surface area contributed by atoms with Gasteiger partial charge in [0, 0.05) is 23.2 Å². The first-order chi connectivity index (χ1) is 11.0. The molecule has 0 radical (unpaired) electrons. The van der Waals surface area contributed by atoms with Gasteiger partial charge < -0.3 is 10.6 Å². The summed E-state index contributed by atoms with van der Waals surface area (Å²) in [7, 11) is 0. The number of imide groups is 1. The minimum Gasteiger partial charge on any atom is -0.369 e. The minimum atomic E-state index is -0.347. The number of halogens is 1. The molecule has 3 rings (SSSR count). The van der Waals surface area contributed by atoms with E-state index in [1.165, 1.54) is 4.90 Å². The summed E-state index contributed by atoms with van der Waals surface area (Å²) in [5.41, 5.74) is 5.95. The topological polar surface area (TPSA) is 84.9 Å². The van der Waals surface area contributed by atoms with Gasteiger partial charge in [0.2, 0.25) is 11.8 Å². The van der Waals surface area contributed by atoms with Crippen LogP contribution < -0.4 is 15.5 Å². The number of likely N-dealkylation sites (tertiary alicyclic amines) is 1. The van der Waals surface area contributed by atoms with Crippen molar-refractivity contribution in [1.29, 1.82) is 0 Å². The first kappa shape index (κ1) is 16.1. The highest BCUT2D eigenvalue weighted by molar-refractivity contribution is 9.10. The van der Waals surface area contributed by atoms with Gasteiger partial charge in [-0.25, -0.2) is 4.90 Å². The van der Waals surface area contributed by atoms with Crippen LogP contribution in [0.5, 0.6) is 0 Å². The van der Waals surface area contributed by atoms with Crippen molar-refractivity contribution in [2.45, 2.75) is 25.3 Å². The smallest absolute Gasteiger partial charge is 0.292 e. The standard InChI is InChI=1S/C16H18BrN3O3/c17-11-1-3-12(4-2-11)20-14(21)9-13(16(20)23)19-7-5-10(6-8-19)15(18)22/h1-4,10,13H,5-9H2,(H2,18,22)/p+1/t13-/m0/s1. The van der Waals surface area contributed by atoms with Gasteiger partial charge in [0.25, 0.3) is 5.91 Å². The van der Waals surface area contributed by atoms with E-state index in [-0.39, 0.29) is 36.1 Å². The number of nitrogens with one attached hydrogen (secondary N) is 1. The maximum atomic E-state index is 12.7. The third-order valence-electron chi connectivity index (χ3n) is 4.75. The lowest BCUT2D eigenvalue weighted by Gasteiger charge is -2.30. The second-order valence-corrected chi connectivity index (χ2v) is 7.05. The van der Waals surface area contributed by atoms with E-state index in [4.69, 9.17) is 5.73 Å². The molecule has 2 aliphatic rings. The van der Waals surface area contributed by atoms with Crippen LogP contribution in [0, 0.1) is 5.92 Å². The van der Waals surface area contributed by atoms with Crippen LogP contribution in [-0.4, -0.2) is 36.9 Å². The summed E-state index contributed by atoms with van der Waals surface area (Å²) in [6, 6.07) is 6.80. The molecule has 0 saturated carbocycles. The Morgan fingerprint density at radius 1 is 1.17 bits per heavy atom. The first-order valence-electron chi connectivity index (χ1n) is 7.73. The molecule has 0 unspecified atom stereocenters. The van der Waals surface area contributed by atoms with Gasteiger partial charge >= 0.3 is 0 Å². The van der Waals surface area contributed by atoms with Crippen LogP contribution in [0.25, 0.3) is 0 Å². The summed E-state index contributed by atoms with van der Waals surface area (Å²) in [5.74, 6) is -0.681. The number of anilines is 1. The molecule has 3 amide bonds. The zero-order valence-corrected chi connectivity index (χ0v) is 14.2. The number of quaternary nitrogens is 1. The SMILES string of the molecule is NC(=O)C1CC[NH+]([C@H]2CC(=O)N(c3ccc(Br)cc3)C2=O)CC1. The Kier molecular flexibility index (Phi) is 4.50. The predicted molar refractivity (Wildman–Crippen MR) is 87.7 cm³/mol. The second kappa shape index (κ2) is 6.41. The Balaban J connectivity index is 1.72. The molecule has 0 spiro atoms. The van der Waals surface area contributed by atoms with Crippen LogP contribution in [0.4, 0.5) is 5.69 Å². The number of nitrogens with two attached hydrogens (primary N) is 1. The van der Waals surface area contributed by atoms with Crippen molar-refractivity contribution in [3.63, 3.8) is 0 Å². The molecule has 2 aliphatic heterocycles. The van der Waals surface area contributed by atoms with Crippen LogP contribution >= 0.6 is 15.9 Å². The van der Waals surface area contributed by atoms with Crippen LogP contribution in [0.1, 0.15) is 19.3 Å². The first-order valence-corrected chi connectivity index (χ1v) is 8.53. The second-order valence-electron chi connectivity index (χ2n) is 6.14. The molecule has 23 heavy (non-hydrogen) atoms. The molecule has 1 aromatic carbocycles. The van der Waals surface area contributed by atoms with Gasteiger partial charge in [-0.05, 0) is 24.3 Å². The van der Waals surface area contributed by atoms with E-state index in [0.29, 0.717) is 31.6 Å². The number of nitrogens with zero attached hydrogens (tertiary/aromatic N) is 1. The molecule has 0 aromatic heterocycles. The van der Waals surface area contributed by atoms with Gasteiger partial charge in [-0.1, -0.05) is 15.9 Å². The van der Waals surface area contributed by atoms with E-state index in [1.807, 2.05) is 12.1 Å². The number of primary amides is 1. The van der Waals surface area contributed by atoms with E-state index in [1.54, 1.807) is 12.1 Å². The molecule has 2 fully saturated rings. The van der Waals surface area contributed by atoms with Crippen molar-refractivity contribution < 1.29 is 19.3 Å². The van der Waals surface area contributed by atoms with Gasteiger partial charge in [0.05, 0.1) is 25.2 Å². The van der Waals surface area contributed by atoms with Crippen LogP contribution in [0.3, 0.4) is 0 Å². The monoisotopic (exact) mass is 380 g/mol. The molecule has 6 nitrogen and oxygen atoms in total. The molecular formula is C16H19BrN3O3+. The van der Waals surface area contributed by atoms with Crippen molar-refractivity contribution in [2.75, 3.05) is 18.0 Å². The van der Waals surface area contributed by atoms with Gasteiger partial charge in [0.1, 0.15) is 0 Å². The molecule has 1 aromatic rings. The highest BCUT2D eigenvalue weighted by atomic mass is 79.9. The number of benzene rings is 1. The van der Waals surface area contributed by atoms with Crippen molar-refractivity contribution in [3.05, 3.63) is 28.7 Å². The van der Waals surface area contributed by atoms with E-state index in [9.17, 15) is 14.4 Å². The van der Waals surface area contributed by atoms with Crippen molar-refractivity contribution >= 4 is 39.3 Å². The number of carbonyl (C=O) groups is 3. The lowest BCUT2D eigenvalue weighted by atomic mass is 9.95. The number of hydrogen-bond donors (Lipinski definition) is 2. The molecule has 0 bridgehead atoms. The third kappa shape index (κ3) is 3.16. The van der Waals surface area contributed by atoms with Gasteiger partial charge in [-0.2, -0.15) is 0 Å². The molecule has 2 heterocycles. The van der Waals surface area contributed by atoms with Gasteiger partial charge in [-0.15, -0.1) is 0 Å². The molecule has 1 atom stereocenters. The number of carbonyl (C=O) groups excluding carboxylic acids is 3. The van der Waals surface area contributed by atoms with E-state index >= 15 is 0 Å². The number of piperidine rings is 1. The fourth-order valence-electron chi connectivity index (χ4n) is 3.43. The normalized spacial score (nSPS) is 28.2. The van der Waals surface area contributed by atoms with Crippen LogP contribution in [-0.2, 0) is 14.4 Å². The Hall–Kier alpha value is -1.73. The van der Waals surface area contributed by atoms with Gasteiger partial charge in [-0.3, -0.25) is 14.4 Å². The van der Waals surface area contributed by atoms with E-state index in [2.05, 4.69) is 15.9 Å². The van der Waals surface area contributed by atoms with Crippen LogP contribution in [0.15, 0.2) is 28.7 Å². The maximum absolute atomic E-state index is 12.7. The fraction of sp³-hybridized carbons (Fsp3) is 0.438. The lowest BCUT2D eigenvalue weighted by molar-refractivity contribution is -0.920. The summed E-state index contributed by atoms with van der Waals surface area (Å²) in [5, 5.41) is 0. The zero-order chi connectivity index (χ0) is 16.6. The van der Waals surface area contributed by atoms with Crippen LogP contribution in [0.2, 0.25) is 0 Å². The van der Waals surface area contributed by atoms with Gasteiger partial charge in [0.15, 0.2) is 6.04 Å². The summed E-state index contributed by atoms with van der Waals surface area (Å²) < 4.78 is 0.899. The fourth-order valence-corrected chi connectivity index (χ4v) is 3.70. The molecule has 0 aliphatic carbocycles. The van der Waals surface area contributed by atoms with Crippen molar-refractivity contribution in [2.24, 2.45) is 11.7 Å². The molecule has 7 heteroatoms. The molecular weight excluding hydrogens is 362 g/mol. The quantitative estimate of drug-likeness (QED) is 0.715. The average Bonchev–Trinajstić information content (AvgIpc) is 2.83. The van der Waals surface area contributed by atoms with E-state index < -0.39 is 0 Å². The Labute approximate surface area is 142 Å². The summed E-state index contributed by atoms with van der Waals surface area (Å²) in [4.78, 5) is 38.6. The number of amides is 3. The Morgan fingerprint density at radius 2 is 1.78 bits per heavy atom. The summed E-state index contributed by atoms with van der Waals surface area (Å²) in [6.45, 7) is 1.40. The third-order valence-corrected chi connectivity index (χ3v) is 5.28. The largest absolute Gasteiger partial charge is 0.369 e. The lowest BCUT2D eigenvalue weighted by Crippen LogP contribution is -3.17. The van der Waals surface area contributed by atoms with Crippen molar-refractivity contribution in [3.8, 4) is 0 Å². The molecule has 2 saturated heterocycles. The Bertz CT molecular complexity index is 638. The minimum absolute atomic E-state index is 0.103. The maximum Gasteiger partial charge on any atom is 0.292 e. The zero-order valence-electron chi connectivity index (χ0n) is 12.6. The summed E-state index contributed by atoms with van der Waals surface area (Å²) >= 11 is 3.35. The van der Waals surface area contributed by atoms with Crippen molar-refractivity contribution in [1.82, 2.24) is 0 Å².